The van der Waals surface area contributed by atoms with Crippen molar-refractivity contribution in [2.45, 2.75) is 39.0 Å². The SMILES string of the molecule is CCCN1CCN(C(=O)C2CCC2)C[C@@H](Cc2ccccc2-c2ccccc2OC)C1=O. The highest BCUT2D eigenvalue weighted by Crippen LogP contribution is 2.34. The number of benzene rings is 2. The Hall–Kier alpha value is -2.82. The van der Waals surface area contributed by atoms with Gasteiger partial charge in [-0.15, -0.1) is 0 Å². The summed E-state index contributed by atoms with van der Waals surface area (Å²) < 4.78 is 5.60. The maximum absolute atomic E-state index is 13.5. The molecular formula is C27H34N2O3. The van der Waals surface area contributed by atoms with Gasteiger partial charge in [-0.2, -0.15) is 0 Å². The van der Waals surface area contributed by atoms with Gasteiger partial charge in [-0.1, -0.05) is 55.8 Å². The summed E-state index contributed by atoms with van der Waals surface area (Å²) in [7, 11) is 1.68. The van der Waals surface area contributed by atoms with Crippen LogP contribution in [0.3, 0.4) is 0 Å². The van der Waals surface area contributed by atoms with Gasteiger partial charge in [-0.25, -0.2) is 0 Å². The molecule has 2 amide bonds. The number of nitrogens with zero attached hydrogens (tertiary/aromatic N) is 2. The van der Waals surface area contributed by atoms with Crippen LogP contribution in [0.25, 0.3) is 11.1 Å². The third-order valence-electron chi connectivity index (χ3n) is 6.88. The average Bonchev–Trinajstić information content (AvgIpc) is 2.93. The highest BCUT2D eigenvalue weighted by molar-refractivity contribution is 5.84. The number of para-hydroxylation sites is 1. The van der Waals surface area contributed by atoms with Crippen LogP contribution in [0.5, 0.6) is 5.75 Å². The molecule has 0 spiro atoms. The van der Waals surface area contributed by atoms with Crippen LogP contribution in [0, 0.1) is 11.8 Å². The Labute approximate surface area is 191 Å². The summed E-state index contributed by atoms with van der Waals surface area (Å²) in [6.45, 7) is 4.63. The number of carbonyl (C=O) groups is 2. The number of amides is 2. The highest BCUT2D eigenvalue weighted by atomic mass is 16.5. The first kappa shape index (κ1) is 22.4. The van der Waals surface area contributed by atoms with Crippen LogP contribution in [0.4, 0.5) is 0 Å². The van der Waals surface area contributed by atoms with Gasteiger partial charge in [0.1, 0.15) is 5.75 Å². The highest BCUT2D eigenvalue weighted by Gasteiger charge is 2.36. The summed E-state index contributed by atoms with van der Waals surface area (Å²) in [5.74, 6) is 1.16. The Kier molecular flexibility index (Phi) is 7.13. The minimum atomic E-state index is -0.232. The summed E-state index contributed by atoms with van der Waals surface area (Å²) in [6.07, 6.45) is 4.65. The van der Waals surface area contributed by atoms with Gasteiger partial charge in [0, 0.05) is 37.7 Å². The second-order valence-electron chi connectivity index (χ2n) is 9.00. The molecule has 4 rings (SSSR count). The van der Waals surface area contributed by atoms with Crippen molar-refractivity contribution in [2.24, 2.45) is 11.8 Å². The molecule has 0 unspecified atom stereocenters. The number of hydrogen-bond acceptors (Lipinski definition) is 3. The lowest BCUT2D eigenvalue weighted by atomic mass is 9.84. The summed E-state index contributed by atoms with van der Waals surface area (Å²) in [5.41, 5.74) is 3.23. The molecule has 1 saturated carbocycles. The summed E-state index contributed by atoms with van der Waals surface area (Å²) in [5, 5.41) is 0. The predicted molar refractivity (Wildman–Crippen MR) is 126 cm³/mol. The van der Waals surface area contributed by atoms with Gasteiger partial charge in [0.25, 0.3) is 0 Å². The number of hydrogen-bond donors (Lipinski definition) is 0. The molecule has 5 heteroatoms. The van der Waals surface area contributed by atoms with Crippen molar-refractivity contribution < 1.29 is 14.3 Å². The second-order valence-corrected chi connectivity index (χ2v) is 9.00. The van der Waals surface area contributed by atoms with Crippen molar-refractivity contribution in [2.75, 3.05) is 33.3 Å². The van der Waals surface area contributed by atoms with Crippen molar-refractivity contribution in [1.82, 2.24) is 9.80 Å². The van der Waals surface area contributed by atoms with E-state index in [9.17, 15) is 9.59 Å². The van der Waals surface area contributed by atoms with E-state index < -0.39 is 0 Å². The zero-order valence-corrected chi connectivity index (χ0v) is 19.3. The maximum atomic E-state index is 13.5. The van der Waals surface area contributed by atoms with E-state index in [0.29, 0.717) is 26.1 Å². The van der Waals surface area contributed by atoms with Gasteiger partial charge >= 0.3 is 0 Å². The zero-order valence-electron chi connectivity index (χ0n) is 19.3. The van der Waals surface area contributed by atoms with E-state index in [4.69, 9.17) is 4.74 Å². The maximum Gasteiger partial charge on any atom is 0.227 e. The van der Waals surface area contributed by atoms with Crippen LogP contribution in [0.1, 0.15) is 38.2 Å². The first-order valence-electron chi connectivity index (χ1n) is 11.9. The van der Waals surface area contributed by atoms with Crippen molar-refractivity contribution in [3.8, 4) is 16.9 Å². The van der Waals surface area contributed by atoms with Gasteiger partial charge < -0.3 is 14.5 Å². The fourth-order valence-corrected chi connectivity index (χ4v) is 4.90. The monoisotopic (exact) mass is 434 g/mol. The third kappa shape index (κ3) is 4.67. The molecule has 1 atom stereocenters. The molecule has 2 aliphatic rings. The van der Waals surface area contributed by atoms with E-state index in [-0.39, 0.29) is 23.7 Å². The molecule has 1 aliphatic heterocycles. The van der Waals surface area contributed by atoms with E-state index >= 15 is 0 Å². The molecule has 0 aromatic heterocycles. The predicted octanol–water partition coefficient (Wildman–Crippen LogP) is 4.40. The Morgan fingerprint density at radius 1 is 1.03 bits per heavy atom. The van der Waals surface area contributed by atoms with Crippen LogP contribution in [-0.2, 0) is 16.0 Å². The average molecular weight is 435 g/mol. The Morgan fingerprint density at radius 2 is 1.75 bits per heavy atom. The van der Waals surface area contributed by atoms with Crippen LogP contribution >= 0.6 is 0 Å². The fraction of sp³-hybridized carbons (Fsp3) is 0.481. The van der Waals surface area contributed by atoms with Gasteiger partial charge in [0.05, 0.1) is 13.0 Å². The normalized spacial score (nSPS) is 19.4. The molecule has 2 fully saturated rings. The summed E-state index contributed by atoms with van der Waals surface area (Å²) >= 11 is 0. The van der Waals surface area contributed by atoms with E-state index in [1.54, 1.807) is 7.11 Å². The first-order valence-corrected chi connectivity index (χ1v) is 11.9. The number of methoxy groups -OCH3 is 1. The molecule has 0 radical (unpaired) electrons. The summed E-state index contributed by atoms with van der Waals surface area (Å²) in [4.78, 5) is 30.5. The van der Waals surface area contributed by atoms with E-state index in [0.717, 1.165) is 54.7 Å². The molecule has 170 valence electrons. The van der Waals surface area contributed by atoms with Gasteiger partial charge in [-0.3, -0.25) is 9.59 Å². The molecule has 2 aromatic carbocycles. The van der Waals surface area contributed by atoms with Crippen molar-refractivity contribution in [3.05, 3.63) is 54.1 Å². The molecule has 32 heavy (non-hydrogen) atoms. The Balaban J connectivity index is 1.63. The number of carbonyl (C=O) groups excluding carboxylic acids is 2. The third-order valence-corrected chi connectivity index (χ3v) is 6.88. The van der Waals surface area contributed by atoms with Gasteiger partial charge in [0.2, 0.25) is 11.8 Å². The standard InChI is InChI=1S/C27H34N2O3/c1-3-15-28-16-17-29(26(30)20-10-8-11-20)19-22(27(28)31)18-21-9-4-5-12-23(21)24-13-6-7-14-25(24)32-2/h4-7,9,12-14,20,22H,3,8,10-11,15-19H2,1-2H3/t22-/m1/s1. The molecule has 5 nitrogen and oxygen atoms in total. The molecule has 2 aromatic rings. The fourth-order valence-electron chi connectivity index (χ4n) is 4.90. The van der Waals surface area contributed by atoms with Crippen molar-refractivity contribution in [1.29, 1.82) is 0 Å². The molecule has 0 N–H and O–H groups in total. The number of rotatable bonds is 7. The lowest BCUT2D eigenvalue weighted by Crippen LogP contribution is -2.42. The lowest BCUT2D eigenvalue weighted by molar-refractivity contribution is -0.138. The summed E-state index contributed by atoms with van der Waals surface area (Å²) in [6, 6.07) is 16.2. The minimum absolute atomic E-state index is 0.157. The largest absolute Gasteiger partial charge is 0.496 e. The van der Waals surface area contributed by atoms with Crippen LogP contribution in [-0.4, -0.2) is 54.9 Å². The molecular weight excluding hydrogens is 400 g/mol. The van der Waals surface area contributed by atoms with Crippen LogP contribution < -0.4 is 4.74 Å². The molecule has 1 saturated heterocycles. The van der Waals surface area contributed by atoms with E-state index in [1.165, 1.54) is 0 Å². The minimum Gasteiger partial charge on any atom is -0.496 e. The topological polar surface area (TPSA) is 49.9 Å². The van der Waals surface area contributed by atoms with Gasteiger partial charge in [-0.05, 0) is 42.9 Å². The van der Waals surface area contributed by atoms with Gasteiger partial charge in [0.15, 0.2) is 0 Å². The first-order chi connectivity index (χ1) is 15.6. The van der Waals surface area contributed by atoms with Crippen LogP contribution in [0.15, 0.2) is 48.5 Å². The zero-order chi connectivity index (χ0) is 22.5. The van der Waals surface area contributed by atoms with E-state index in [2.05, 4.69) is 25.1 Å². The Bertz CT molecular complexity index is 953. The van der Waals surface area contributed by atoms with Crippen molar-refractivity contribution >= 4 is 11.8 Å². The van der Waals surface area contributed by atoms with Crippen molar-refractivity contribution in [3.63, 3.8) is 0 Å². The second kappa shape index (κ2) is 10.2. The Morgan fingerprint density at radius 3 is 2.44 bits per heavy atom. The quantitative estimate of drug-likeness (QED) is 0.649. The molecule has 1 heterocycles. The number of ether oxygens (including phenoxy) is 1. The van der Waals surface area contributed by atoms with Crippen LogP contribution in [0.2, 0.25) is 0 Å². The smallest absolute Gasteiger partial charge is 0.227 e. The molecule has 1 aliphatic carbocycles. The van der Waals surface area contributed by atoms with E-state index in [1.807, 2.05) is 40.1 Å². The lowest BCUT2D eigenvalue weighted by Gasteiger charge is -2.32. The molecule has 0 bridgehead atoms.